The number of rotatable bonds is 4. The monoisotopic (exact) mass is 264 g/mol. The van der Waals surface area contributed by atoms with Crippen LogP contribution < -0.4 is 17.0 Å². The van der Waals surface area contributed by atoms with Gasteiger partial charge < -0.3 is 5.73 Å². The van der Waals surface area contributed by atoms with Gasteiger partial charge in [-0.1, -0.05) is 0 Å². The van der Waals surface area contributed by atoms with Crippen LogP contribution in [0.1, 0.15) is 16.1 Å². The molecule has 1 fully saturated rings. The molecule has 0 unspecified atom stereocenters. The third kappa shape index (κ3) is 3.71. The smallest absolute Gasteiger partial charge is 0.266 e. The minimum atomic E-state index is -0.324. The molecule has 1 amide bonds. The van der Waals surface area contributed by atoms with E-state index in [-0.39, 0.29) is 5.91 Å². The summed E-state index contributed by atoms with van der Waals surface area (Å²) in [4.78, 5) is 20.1. The molecule has 0 bridgehead atoms. The Labute approximate surface area is 112 Å². The number of hydrogen-bond acceptors (Lipinski definition) is 6. The fourth-order valence-corrected chi connectivity index (χ4v) is 2.09. The van der Waals surface area contributed by atoms with E-state index in [1.54, 1.807) is 12.3 Å². The number of pyridine rings is 1. The highest BCUT2D eigenvalue weighted by Gasteiger charge is 2.16. The second-order valence-corrected chi connectivity index (χ2v) is 4.59. The zero-order valence-electron chi connectivity index (χ0n) is 10.9. The Morgan fingerprint density at radius 1 is 1.26 bits per heavy atom. The average molecular weight is 264 g/mol. The number of aromatic nitrogens is 1. The highest BCUT2D eigenvalue weighted by molar-refractivity contribution is 5.93. The molecule has 0 saturated carbocycles. The standard InChI is InChI=1S/C12H20N6O/c13-9-18-5-3-17(4-6-18)8-11-2-1-10(7-15-11)12(19)16-14/h1-2,7H,3-6,8-9,13-14H2,(H,16,19). The minimum absolute atomic E-state index is 0.324. The number of nitrogens with zero attached hydrogens (tertiary/aromatic N) is 3. The zero-order chi connectivity index (χ0) is 13.7. The van der Waals surface area contributed by atoms with E-state index < -0.39 is 0 Å². The van der Waals surface area contributed by atoms with Crippen LogP contribution >= 0.6 is 0 Å². The van der Waals surface area contributed by atoms with Gasteiger partial charge in [-0.15, -0.1) is 0 Å². The Hall–Kier alpha value is -1.54. The molecule has 5 N–H and O–H groups in total. The summed E-state index contributed by atoms with van der Waals surface area (Å²) >= 11 is 0. The first-order valence-corrected chi connectivity index (χ1v) is 6.33. The first-order valence-electron chi connectivity index (χ1n) is 6.33. The lowest BCUT2D eigenvalue weighted by molar-refractivity contribution is 0.0953. The molecule has 1 aromatic rings. The maximum Gasteiger partial charge on any atom is 0.266 e. The number of nitrogen functional groups attached to an aromatic ring is 1. The molecule has 0 aromatic carbocycles. The second kappa shape index (κ2) is 6.58. The van der Waals surface area contributed by atoms with Crippen molar-refractivity contribution in [2.24, 2.45) is 11.6 Å². The van der Waals surface area contributed by atoms with Crippen molar-refractivity contribution >= 4 is 5.91 Å². The van der Waals surface area contributed by atoms with Gasteiger partial charge in [-0.3, -0.25) is 25.0 Å². The maximum absolute atomic E-state index is 11.3. The number of carbonyl (C=O) groups excluding carboxylic acids is 1. The summed E-state index contributed by atoms with van der Waals surface area (Å²) in [7, 11) is 0. The second-order valence-electron chi connectivity index (χ2n) is 4.59. The van der Waals surface area contributed by atoms with Gasteiger partial charge in [-0.25, -0.2) is 5.84 Å². The molecule has 2 rings (SSSR count). The third-order valence-corrected chi connectivity index (χ3v) is 3.33. The van der Waals surface area contributed by atoms with Crippen LogP contribution in [0, 0.1) is 0 Å². The van der Waals surface area contributed by atoms with E-state index in [4.69, 9.17) is 11.6 Å². The van der Waals surface area contributed by atoms with Crippen molar-refractivity contribution in [2.75, 3.05) is 32.8 Å². The van der Waals surface area contributed by atoms with Crippen molar-refractivity contribution in [3.63, 3.8) is 0 Å². The molecule has 19 heavy (non-hydrogen) atoms. The number of amides is 1. The van der Waals surface area contributed by atoms with E-state index in [0.717, 1.165) is 38.4 Å². The molecule has 1 saturated heterocycles. The molecule has 1 aliphatic heterocycles. The summed E-state index contributed by atoms with van der Waals surface area (Å²) in [5.74, 6) is 4.74. The van der Waals surface area contributed by atoms with Gasteiger partial charge in [0, 0.05) is 45.6 Å². The van der Waals surface area contributed by atoms with E-state index in [0.29, 0.717) is 12.2 Å². The van der Waals surface area contributed by atoms with Gasteiger partial charge in [0.05, 0.1) is 11.3 Å². The first-order chi connectivity index (χ1) is 9.22. The molecular weight excluding hydrogens is 244 g/mol. The Balaban J connectivity index is 1.88. The van der Waals surface area contributed by atoms with Gasteiger partial charge in [0.2, 0.25) is 0 Å². The quantitative estimate of drug-likeness (QED) is 0.356. The van der Waals surface area contributed by atoms with Crippen molar-refractivity contribution in [1.82, 2.24) is 20.2 Å². The lowest BCUT2D eigenvalue weighted by Crippen LogP contribution is -2.47. The zero-order valence-corrected chi connectivity index (χ0v) is 10.9. The molecule has 2 heterocycles. The van der Waals surface area contributed by atoms with Crippen molar-refractivity contribution in [3.8, 4) is 0 Å². The Morgan fingerprint density at radius 3 is 2.47 bits per heavy atom. The number of carbonyl (C=O) groups is 1. The average Bonchev–Trinajstić information content (AvgIpc) is 2.48. The van der Waals surface area contributed by atoms with Crippen LogP contribution in [0.15, 0.2) is 18.3 Å². The highest BCUT2D eigenvalue weighted by Crippen LogP contribution is 2.07. The first kappa shape index (κ1) is 13.9. The van der Waals surface area contributed by atoms with E-state index in [1.165, 1.54) is 0 Å². The molecule has 0 aliphatic carbocycles. The summed E-state index contributed by atoms with van der Waals surface area (Å²) in [5.41, 5.74) is 9.12. The fraction of sp³-hybridized carbons (Fsp3) is 0.500. The number of nitrogens with two attached hydrogens (primary N) is 2. The molecular formula is C12H20N6O. The largest absolute Gasteiger partial charge is 0.318 e. The molecule has 7 nitrogen and oxygen atoms in total. The third-order valence-electron chi connectivity index (χ3n) is 3.33. The molecule has 0 spiro atoms. The Kier molecular flexibility index (Phi) is 4.80. The van der Waals surface area contributed by atoms with Gasteiger partial charge in [0.15, 0.2) is 0 Å². The van der Waals surface area contributed by atoms with Crippen LogP contribution in [0.5, 0.6) is 0 Å². The molecule has 1 aromatic heterocycles. The van der Waals surface area contributed by atoms with Crippen LogP contribution in [0.3, 0.4) is 0 Å². The van der Waals surface area contributed by atoms with Crippen LogP contribution in [-0.2, 0) is 6.54 Å². The van der Waals surface area contributed by atoms with Crippen LogP contribution in [0.2, 0.25) is 0 Å². The van der Waals surface area contributed by atoms with Crippen LogP contribution in [-0.4, -0.2) is 53.5 Å². The minimum Gasteiger partial charge on any atom is -0.318 e. The topological polar surface area (TPSA) is 101 Å². The number of nitrogens with one attached hydrogen (secondary N) is 1. The Bertz CT molecular complexity index is 413. The SMILES string of the molecule is NCN1CCN(Cc2ccc(C(=O)NN)cn2)CC1. The van der Waals surface area contributed by atoms with Gasteiger partial charge in [-0.2, -0.15) is 0 Å². The summed E-state index contributed by atoms with van der Waals surface area (Å²) in [6.45, 7) is 5.38. The number of piperazine rings is 1. The van der Waals surface area contributed by atoms with E-state index >= 15 is 0 Å². The summed E-state index contributed by atoms with van der Waals surface area (Å²) in [6.07, 6.45) is 1.55. The van der Waals surface area contributed by atoms with Crippen molar-refractivity contribution in [3.05, 3.63) is 29.6 Å². The van der Waals surface area contributed by atoms with Gasteiger partial charge in [0.25, 0.3) is 5.91 Å². The predicted octanol–water partition coefficient (Wildman–Crippen LogP) is -1.28. The normalized spacial score (nSPS) is 17.4. The molecule has 104 valence electrons. The lowest BCUT2D eigenvalue weighted by atomic mass is 10.2. The number of hydrazine groups is 1. The number of hydrogen-bond donors (Lipinski definition) is 3. The summed E-state index contributed by atoms with van der Waals surface area (Å²) in [5, 5.41) is 0. The maximum atomic E-state index is 11.3. The van der Waals surface area contributed by atoms with Gasteiger partial charge in [-0.05, 0) is 12.1 Å². The van der Waals surface area contributed by atoms with Crippen molar-refractivity contribution < 1.29 is 4.79 Å². The van der Waals surface area contributed by atoms with Gasteiger partial charge in [0.1, 0.15) is 0 Å². The summed E-state index contributed by atoms with van der Waals surface area (Å²) < 4.78 is 0. The molecule has 1 aliphatic rings. The fourth-order valence-electron chi connectivity index (χ4n) is 2.09. The lowest BCUT2D eigenvalue weighted by Gasteiger charge is -2.33. The molecule has 7 heteroatoms. The van der Waals surface area contributed by atoms with E-state index in [9.17, 15) is 4.79 Å². The van der Waals surface area contributed by atoms with E-state index in [2.05, 4.69) is 20.2 Å². The van der Waals surface area contributed by atoms with E-state index in [1.807, 2.05) is 6.07 Å². The Morgan fingerprint density at radius 2 is 1.95 bits per heavy atom. The predicted molar refractivity (Wildman–Crippen MR) is 71.8 cm³/mol. The summed E-state index contributed by atoms with van der Waals surface area (Å²) in [6, 6.07) is 3.60. The van der Waals surface area contributed by atoms with Crippen LogP contribution in [0.25, 0.3) is 0 Å². The molecule has 0 radical (unpaired) electrons. The van der Waals surface area contributed by atoms with Crippen LogP contribution in [0.4, 0.5) is 0 Å². The van der Waals surface area contributed by atoms with Crippen molar-refractivity contribution in [1.29, 1.82) is 0 Å². The van der Waals surface area contributed by atoms with Crippen molar-refractivity contribution in [2.45, 2.75) is 6.54 Å². The van der Waals surface area contributed by atoms with Gasteiger partial charge >= 0.3 is 0 Å². The highest BCUT2D eigenvalue weighted by atomic mass is 16.2. The molecule has 0 atom stereocenters.